The molecule has 1 saturated heterocycles. The molecule has 0 radical (unpaired) electrons. The van der Waals surface area contributed by atoms with Crippen molar-refractivity contribution in [3.05, 3.63) is 67.9 Å². The van der Waals surface area contributed by atoms with Crippen molar-refractivity contribution in [1.82, 2.24) is 20.6 Å². The Morgan fingerprint density at radius 3 is 2.52 bits per heavy atom. The Bertz CT molecular complexity index is 1410. The summed E-state index contributed by atoms with van der Waals surface area (Å²) in [5, 5.41) is 6.36. The largest absolute Gasteiger partial charge is 0.462 e. The van der Waals surface area contributed by atoms with E-state index in [4.69, 9.17) is 27.9 Å². The zero-order valence-corrected chi connectivity index (χ0v) is 24.8. The van der Waals surface area contributed by atoms with E-state index in [0.29, 0.717) is 17.2 Å². The normalized spacial score (nSPS) is 17.4. The van der Waals surface area contributed by atoms with Gasteiger partial charge in [-0.2, -0.15) is 0 Å². The number of thiazole rings is 1. The predicted molar refractivity (Wildman–Crippen MR) is 154 cm³/mol. The molecule has 2 aromatic heterocycles. The molecule has 2 atom stereocenters. The van der Waals surface area contributed by atoms with Crippen LogP contribution >= 0.6 is 34.5 Å². The van der Waals surface area contributed by atoms with Crippen LogP contribution in [0.3, 0.4) is 0 Å². The summed E-state index contributed by atoms with van der Waals surface area (Å²) >= 11 is 13.2. The Morgan fingerprint density at radius 1 is 1.23 bits per heavy atom. The molecule has 214 valence electrons. The van der Waals surface area contributed by atoms with Crippen LogP contribution in [0, 0.1) is 6.92 Å². The fraction of sp³-hybridized carbons (Fsp3) is 0.407. The molecule has 2 amide bonds. The molecule has 1 aliphatic rings. The summed E-state index contributed by atoms with van der Waals surface area (Å²) < 4.78 is 20.4. The first-order valence-electron chi connectivity index (χ1n) is 12.7. The average Bonchev–Trinajstić information content (AvgIpc) is 3.48. The van der Waals surface area contributed by atoms with Gasteiger partial charge in [0.2, 0.25) is 0 Å². The number of H-pyrrole nitrogens is 1. The number of benzene rings is 1. The number of aromatic nitrogens is 2. The number of anilines is 1. The number of carbonyl (C=O) groups is 3. The Labute approximate surface area is 245 Å². The van der Waals surface area contributed by atoms with E-state index in [-0.39, 0.29) is 46.0 Å². The number of esters is 1. The zero-order chi connectivity index (χ0) is 29.2. The smallest absolute Gasteiger partial charge is 0.350 e. The summed E-state index contributed by atoms with van der Waals surface area (Å²) in [7, 11) is 0. The second-order valence-electron chi connectivity index (χ2n) is 9.92. The van der Waals surface area contributed by atoms with E-state index in [1.165, 1.54) is 0 Å². The Hall–Kier alpha value is -3.15. The number of alkyl halides is 1. The number of rotatable bonds is 8. The van der Waals surface area contributed by atoms with Crippen molar-refractivity contribution in [3.8, 4) is 0 Å². The SMILES string of the molecule is CCOC(=O)c1sc(N2CC[C@@H](NC(=O)c3[nH]c(Cl)c(C)c3Cl)[C@@H](F)C2)nc1C(=O)NC(C)(C)c1ccccc1. The van der Waals surface area contributed by atoms with E-state index in [1.807, 2.05) is 44.2 Å². The molecule has 1 fully saturated rings. The number of piperidine rings is 1. The van der Waals surface area contributed by atoms with E-state index in [2.05, 4.69) is 20.6 Å². The Kier molecular flexibility index (Phi) is 9.06. The van der Waals surface area contributed by atoms with Crippen LogP contribution in [-0.2, 0) is 10.3 Å². The van der Waals surface area contributed by atoms with Crippen LogP contribution in [0.1, 0.15) is 69.0 Å². The number of aromatic amines is 1. The monoisotopic (exact) mass is 609 g/mol. The highest BCUT2D eigenvalue weighted by Gasteiger charge is 2.35. The lowest BCUT2D eigenvalue weighted by molar-refractivity contribution is 0.0527. The van der Waals surface area contributed by atoms with Gasteiger partial charge in [0.1, 0.15) is 21.9 Å². The maximum atomic E-state index is 15.3. The van der Waals surface area contributed by atoms with Gasteiger partial charge >= 0.3 is 5.97 Å². The third-order valence-electron chi connectivity index (χ3n) is 6.68. The topological polar surface area (TPSA) is 116 Å². The number of carbonyl (C=O) groups excluding carboxylic acids is 3. The molecule has 3 heterocycles. The van der Waals surface area contributed by atoms with Crippen molar-refractivity contribution in [2.75, 3.05) is 24.6 Å². The number of hydrogen-bond donors (Lipinski definition) is 3. The lowest BCUT2D eigenvalue weighted by Crippen LogP contribution is -2.52. The highest BCUT2D eigenvalue weighted by molar-refractivity contribution is 7.17. The van der Waals surface area contributed by atoms with Crippen molar-refractivity contribution in [1.29, 1.82) is 0 Å². The van der Waals surface area contributed by atoms with Gasteiger partial charge in [0.15, 0.2) is 10.8 Å². The quantitative estimate of drug-likeness (QED) is 0.299. The Balaban J connectivity index is 1.50. The average molecular weight is 611 g/mol. The van der Waals surface area contributed by atoms with Gasteiger partial charge < -0.3 is 25.3 Å². The lowest BCUT2D eigenvalue weighted by atomic mass is 9.94. The van der Waals surface area contributed by atoms with Crippen LogP contribution in [0.2, 0.25) is 10.2 Å². The minimum absolute atomic E-state index is 0.0395. The molecule has 0 spiro atoms. The summed E-state index contributed by atoms with van der Waals surface area (Å²) in [4.78, 5) is 47.6. The molecule has 13 heteroatoms. The molecule has 0 saturated carbocycles. The summed E-state index contributed by atoms with van der Waals surface area (Å²) in [6, 6.07) is 8.63. The molecule has 0 aliphatic carbocycles. The summed E-state index contributed by atoms with van der Waals surface area (Å²) in [6.45, 7) is 7.38. The standard InChI is InChI=1S/C27H30Cl2FN5O4S/c1-5-39-25(38)21-20(24(37)34-27(3,4)15-9-7-6-8-10-15)33-26(40-21)35-12-11-17(16(30)13-35)31-23(36)19-18(28)14(2)22(29)32-19/h6-10,16-17,32H,5,11-13H2,1-4H3,(H,31,36)(H,34,37)/t16-,17+/m0/s1. The highest BCUT2D eigenvalue weighted by atomic mass is 35.5. The van der Waals surface area contributed by atoms with Crippen molar-refractivity contribution in [3.63, 3.8) is 0 Å². The third kappa shape index (κ3) is 6.26. The molecular formula is C27H30Cl2FN5O4S. The second-order valence-corrected chi connectivity index (χ2v) is 11.7. The first-order chi connectivity index (χ1) is 18.9. The van der Waals surface area contributed by atoms with Gasteiger partial charge in [-0.05, 0) is 39.7 Å². The van der Waals surface area contributed by atoms with Crippen molar-refractivity contribution < 1.29 is 23.5 Å². The Morgan fingerprint density at radius 2 is 1.93 bits per heavy atom. The summed E-state index contributed by atoms with van der Waals surface area (Å²) in [5.41, 5.74) is 0.653. The van der Waals surface area contributed by atoms with E-state index in [0.717, 1.165) is 16.9 Å². The number of nitrogens with one attached hydrogen (secondary N) is 3. The van der Waals surface area contributed by atoms with Crippen LogP contribution in [0.4, 0.5) is 9.52 Å². The van der Waals surface area contributed by atoms with Crippen molar-refractivity contribution >= 4 is 57.5 Å². The molecule has 1 aliphatic heterocycles. The maximum Gasteiger partial charge on any atom is 0.350 e. The molecule has 3 N–H and O–H groups in total. The molecule has 3 aromatic rings. The van der Waals surface area contributed by atoms with Gasteiger partial charge in [-0.3, -0.25) is 9.59 Å². The van der Waals surface area contributed by atoms with Crippen LogP contribution in [0.15, 0.2) is 30.3 Å². The molecule has 40 heavy (non-hydrogen) atoms. The summed E-state index contributed by atoms with van der Waals surface area (Å²) in [5.74, 6) is -1.78. The first-order valence-corrected chi connectivity index (χ1v) is 14.3. The number of amides is 2. The van der Waals surface area contributed by atoms with Gasteiger partial charge in [-0.1, -0.05) is 64.9 Å². The fourth-order valence-electron chi connectivity index (χ4n) is 4.38. The van der Waals surface area contributed by atoms with Gasteiger partial charge in [-0.25, -0.2) is 14.2 Å². The van der Waals surface area contributed by atoms with Gasteiger partial charge in [0.25, 0.3) is 11.8 Å². The molecular weight excluding hydrogens is 580 g/mol. The molecule has 9 nitrogen and oxygen atoms in total. The van der Waals surface area contributed by atoms with Gasteiger partial charge in [-0.15, -0.1) is 0 Å². The van der Waals surface area contributed by atoms with Crippen molar-refractivity contribution in [2.24, 2.45) is 0 Å². The number of nitrogens with zero attached hydrogens (tertiary/aromatic N) is 2. The second kappa shape index (κ2) is 12.2. The van der Waals surface area contributed by atoms with Gasteiger partial charge in [0.05, 0.1) is 29.8 Å². The lowest BCUT2D eigenvalue weighted by Gasteiger charge is -2.34. The highest BCUT2D eigenvalue weighted by Crippen LogP contribution is 2.32. The number of halogens is 3. The van der Waals surface area contributed by atoms with Crippen LogP contribution < -0.4 is 15.5 Å². The zero-order valence-electron chi connectivity index (χ0n) is 22.4. The first kappa shape index (κ1) is 29.8. The van der Waals surface area contributed by atoms with Crippen LogP contribution in [0.25, 0.3) is 0 Å². The minimum atomic E-state index is -1.45. The van der Waals surface area contributed by atoms with E-state index in [1.54, 1.807) is 18.7 Å². The predicted octanol–water partition coefficient (Wildman–Crippen LogP) is 5.28. The number of hydrogen-bond acceptors (Lipinski definition) is 7. The minimum Gasteiger partial charge on any atom is -0.462 e. The fourth-order valence-corrected chi connectivity index (χ4v) is 5.84. The van der Waals surface area contributed by atoms with E-state index >= 15 is 4.39 Å². The molecule has 4 rings (SSSR count). The molecule has 0 unspecified atom stereocenters. The van der Waals surface area contributed by atoms with Crippen LogP contribution in [0.5, 0.6) is 0 Å². The number of ether oxygens (including phenoxy) is 1. The van der Waals surface area contributed by atoms with E-state index < -0.39 is 35.5 Å². The van der Waals surface area contributed by atoms with E-state index in [9.17, 15) is 14.4 Å². The molecule has 0 bridgehead atoms. The third-order valence-corrected chi connectivity index (χ3v) is 8.63. The van der Waals surface area contributed by atoms with Crippen molar-refractivity contribution in [2.45, 2.75) is 51.9 Å². The maximum absolute atomic E-state index is 15.3. The summed E-state index contributed by atoms with van der Waals surface area (Å²) in [6.07, 6.45) is -1.19. The van der Waals surface area contributed by atoms with Crippen LogP contribution in [-0.4, -0.2) is 59.7 Å². The molecule has 1 aromatic carbocycles. The van der Waals surface area contributed by atoms with Gasteiger partial charge in [0, 0.05) is 12.1 Å².